The maximum absolute atomic E-state index is 13.1. The van der Waals surface area contributed by atoms with Crippen LogP contribution in [-0.4, -0.2) is 54.6 Å². The SMILES string of the molecule is COCc1ccnc(CNC(=O)[C@H]2CC(c3ccc(OC(F)F)c(OCC4CC4)c3)CN2C(C)=O)c1. The van der Waals surface area contributed by atoms with E-state index >= 15 is 0 Å². The van der Waals surface area contributed by atoms with E-state index < -0.39 is 12.7 Å². The number of methoxy groups -OCH3 is 1. The van der Waals surface area contributed by atoms with Gasteiger partial charge in [0.1, 0.15) is 6.04 Å². The molecule has 2 fully saturated rings. The molecule has 1 N–H and O–H groups in total. The molecule has 194 valence electrons. The molecule has 0 bridgehead atoms. The van der Waals surface area contributed by atoms with Crippen molar-refractivity contribution in [1.29, 1.82) is 0 Å². The van der Waals surface area contributed by atoms with Gasteiger partial charge in [-0.3, -0.25) is 14.6 Å². The Morgan fingerprint density at radius 3 is 2.69 bits per heavy atom. The summed E-state index contributed by atoms with van der Waals surface area (Å²) in [7, 11) is 1.61. The van der Waals surface area contributed by atoms with E-state index in [1.807, 2.05) is 12.1 Å². The summed E-state index contributed by atoms with van der Waals surface area (Å²) in [5, 5.41) is 2.88. The first kappa shape index (κ1) is 25.8. The summed E-state index contributed by atoms with van der Waals surface area (Å²) in [5.74, 6) is 0.0368. The lowest BCUT2D eigenvalue weighted by Crippen LogP contribution is -2.45. The Kier molecular flexibility index (Phi) is 8.35. The Bertz CT molecular complexity index is 1080. The molecule has 1 aromatic carbocycles. The molecule has 2 amide bonds. The number of hydrogen-bond donors (Lipinski definition) is 1. The summed E-state index contributed by atoms with van der Waals surface area (Å²) in [6.45, 7) is -0.0788. The molecule has 2 heterocycles. The van der Waals surface area contributed by atoms with Crippen molar-refractivity contribution in [2.45, 2.75) is 57.9 Å². The predicted octanol–water partition coefficient (Wildman–Crippen LogP) is 3.64. The van der Waals surface area contributed by atoms with Crippen molar-refractivity contribution in [2.75, 3.05) is 20.3 Å². The van der Waals surface area contributed by atoms with Crippen LogP contribution in [0.3, 0.4) is 0 Å². The Labute approximate surface area is 208 Å². The largest absolute Gasteiger partial charge is 0.489 e. The molecule has 0 spiro atoms. The second-order valence-corrected chi connectivity index (χ2v) is 9.27. The van der Waals surface area contributed by atoms with Gasteiger partial charge in [-0.15, -0.1) is 0 Å². The number of amides is 2. The van der Waals surface area contributed by atoms with E-state index in [0.717, 1.165) is 24.0 Å². The van der Waals surface area contributed by atoms with Crippen LogP contribution in [0.2, 0.25) is 0 Å². The summed E-state index contributed by atoms with van der Waals surface area (Å²) in [6.07, 6.45) is 4.18. The standard InChI is InChI=1S/C26H31F2N3O5/c1-16(32)31-13-20(10-22(31)25(33)30-12-21-9-18(14-34-2)7-8-29-21)19-5-6-23(36-26(27)28)24(11-19)35-15-17-3-4-17/h5-9,11,17,20,22,26H,3-4,10,12-15H2,1-2H3,(H,30,33)/t20?,22-/m1/s1. The molecule has 2 aliphatic rings. The highest BCUT2D eigenvalue weighted by Crippen LogP contribution is 2.39. The number of hydrogen-bond acceptors (Lipinski definition) is 6. The van der Waals surface area contributed by atoms with Crippen LogP contribution >= 0.6 is 0 Å². The molecule has 1 aromatic heterocycles. The Balaban J connectivity index is 1.45. The Morgan fingerprint density at radius 1 is 1.19 bits per heavy atom. The minimum atomic E-state index is -2.96. The average Bonchev–Trinajstić information content (AvgIpc) is 3.57. The zero-order valence-electron chi connectivity index (χ0n) is 20.4. The Morgan fingerprint density at radius 2 is 2.00 bits per heavy atom. The molecule has 1 aliphatic carbocycles. The third kappa shape index (κ3) is 6.69. The highest BCUT2D eigenvalue weighted by Gasteiger charge is 2.39. The topological polar surface area (TPSA) is 90.0 Å². The van der Waals surface area contributed by atoms with Crippen LogP contribution in [0.1, 0.15) is 48.9 Å². The van der Waals surface area contributed by atoms with Crippen LogP contribution < -0.4 is 14.8 Å². The summed E-state index contributed by atoms with van der Waals surface area (Å²) in [4.78, 5) is 31.2. The molecular formula is C26H31F2N3O5. The van der Waals surface area contributed by atoms with Crippen molar-refractivity contribution in [2.24, 2.45) is 5.92 Å². The van der Waals surface area contributed by atoms with Crippen molar-refractivity contribution in [1.82, 2.24) is 15.2 Å². The number of alkyl halides is 2. The van der Waals surface area contributed by atoms with Crippen molar-refractivity contribution < 1.29 is 32.6 Å². The first-order valence-electron chi connectivity index (χ1n) is 12.0. The monoisotopic (exact) mass is 503 g/mol. The number of rotatable bonds is 11. The predicted molar refractivity (Wildman–Crippen MR) is 127 cm³/mol. The van der Waals surface area contributed by atoms with Gasteiger partial charge in [0.05, 0.1) is 25.5 Å². The molecule has 1 unspecified atom stereocenters. The smallest absolute Gasteiger partial charge is 0.387 e. The first-order chi connectivity index (χ1) is 17.3. The molecule has 1 saturated heterocycles. The van der Waals surface area contributed by atoms with Crippen LogP contribution in [-0.2, 0) is 27.5 Å². The maximum atomic E-state index is 13.1. The van der Waals surface area contributed by atoms with Gasteiger partial charge in [-0.25, -0.2) is 0 Å². The molecule has 2 aromatic rings. The molecule has 10 heteroatoms. The van der Waals surface area contributed by atoms with Crippen LogP contribution in [0.25, 0.3) is 0 Å². The van der Waals surface area contributed by atoms with E-state index in [2.05, 4.69) is 15.0 Å². The van der Waals surface area contributed by atoms with Crippen LogP contribution in [0.5, 0.6) is 11.5 Å². The van der Waals surface area contributed by atoms with Crippen molar-refractivity contribution in [3.05, 3.63) is 53.3 Å². The maximum Gasteiger partial charge on any atom is 0.387 e. The lowest BCUT2D eigenvalue weighted by atomic mass is 9.95. The van der Waals surface area contributed by atoms with Crippen molar-refractivity contribution >= 4 is 11.8 Å². The Hall–Kier alpha value is -3.27. The molecule has 2 atom stereocenters. The number of carbonyl (C=O) groups is 2. The number of benzene rings is 1. The van der Waals surface area contributed by atoms with Gasteiger partial charge >= 0.3 is 6.61 Å². The second kappa shape index (κ2) is 11.6. The third-order valence-corrected chi connectivity index (χ3v) is 6.47. The van der Waals surface area contributed by atoms with Gasteiger partial charge in [-0.05, 0) is 60.6 Å². The minimum absolute atomic E-state index is 0.0201. The third-order valence-electron chi connectivity index (χ3n) is 6.47. The van der Waals surface area contributed by atoms with E-state index in [1.165, 1.54) is 13.0 Å². The van der Waals surface area contributed by atoms with Crippen LogP contribution in [0.4, 0.5) is 8.78 Å². The van der Waals surface area contributed by atoms with Crippen molar-refractivity contribution in [3.63, 3.8) is 0 Å². The molecule has 8 nitrogen and oxygen atoms in total. The number of likely N-dealkylation sites (tertiary alicyclic amines) is 1. The molecule has 4 rings (SSSR count). The zero-order valence-corrected chi connectivity index (χ0v) is 20.4. The fraction of sp³-hybridized carbons (Fsp3) is 0.500. The number of nitrogens with one attached hydrogen (secondary N) is 1. The number of carbonyl (C=O) groups excluding carboxylic acids is 2. The first-order valence-corrected chi connectivity index (χ1v) is 12.0. The summed E-state index contributed by atoms with van der Waals surface area (Å²) >= 11 is 0. The number of ether oxygens (including phenoxy) is 3. The summed E-state index contributed by atoms with van der Waals surface area (Å²) in [5.41, 5.74) is 2.44. The van der Waals surface area contributed by atoms with Crippen LogP contribution in [0.15, 0.2) is 36.5 Å². The van der Waals surface area contributed by atoms with Gasteiger partial charge in [0, 0.05) is 32.7 Å². The molecule has 1 aliphatic heterocycles. The van der Waals surface area contributed by atoms with Gasteiger partial charge in [0.25, 0.3) is 0 Å². The van der Waals surface area contributed by atoms with Gasteiger partial charge < -0.3 is 24.4 Å². The molecule has 36 heavy (non-hydrogen) atoms. The van der Waals surface area contributed by atoms with Gasteiger partial charge in [-0.2, -0.15) is 8.78 Å². The highest BCUT2D eigenvalue weighted by atomic mass is 19.3. The number of pyridine rings is 1. The number of halogens is 2. The highest BCUT2D eigenvalue weighted by molar-refractivity contribution is 5.87. The van der Waals surface area contributed by atoms with E-state index in [1.54, 1.807) is 30.3 Å². The van der Waals surface area contributed by atoms with E-state index in [4.69, 9.17) is 9.47 Å². The lowest BCUT2D eigenvalue weighted by Gasteiger charge is -2.22. The van der Waals surface area contributed by atoms with Gasteiger partial charge in [0.15, 0.2) is 11.5 Å². The minimum Gasteiger partial charge on any atom is -0.489 e. The van der Waals surface area contributed by atoms with E-state index in [-0.39, 0.29) is 35.8 Å². The molecule has 1 saturated carbocycles. The lowest BCUT2D eigenvalue weighted by molar-refractivity contribution is -0.136. The fourth-order valence-corrected chi connectivity index (χ4v) is 4.43. The van der Waals surface area contributed by atoms with Crippen LogP contribution in [0, 0.1) is 5.92 Å². The molecular weight excluding hydrogens is 472 g/mol. The van der Waals surface area contributed by atoms with Gasteiger partial charge in [-0.1, -0.05) is 6.07 Å². The summed E-state index contributed by atoms with van der Waals surface area (Å²) in [6, 6.07) is 7.89. The summed E-state index contributed by atoms with van der Waals surface area (Å²) < 4.78 is 41.3. The van der Waals surface area contributed by atoms with Crippen molar-refractivity contribution in [3.8, 4) is 11.5 Å². The van der Waals surface area contributed by atoms with E-state index in [0.29, 0.717) is 37.8 Å². The fourth-order valence-electron chi connectivity index (χ4n) is 4.43. The quantitative estimate of drug-likeness (QED) is 0.504. The zero-order chi connectivity index (χ0) is 25.7. The molecule has 0 radical (unpaired) electrons. The second-order valence-electron chi connectivity index (χ2n) is 9.27. The normalized spacial score (nSPS) is 19.4. The number of nitrogens with zero attached hydrogens (tertiary/aromatic N) is 2. The average molecular weight is 504 g/mol. The van der Waals surface area contributed by atoms with Gasteiger partial charge in [0.2, 0.25) is 11.8 Å². The number of aromatic nitrogens is 1. The van der Waals surface area contributed by atoms with E-state index in [9.17, 15) is 18.4 Å².